The van der Waals surface area contributed by atoms with E-state index in [1.807, 2.05) is 6.92 Å². The fourth-order valence-corrected chi connectivity index (χ4v) is 1.99. The lowest BCUT2D eigenvalue weighted by Crippen LogP contribution is -2.27. The first-order valence-corrected chi connectivity index (χ1v) is 5.99. The zero-order valence-electron chi connectivity index (χ0n) is 10.1. The van der Waals surface area contributed by atoms with E-state index in [-0.39, 0.29) is 6.10 Å². The molecule has 0 amide bonds. The summed E-state index contributed by atoms with van der Waals surface area (Å²) in [5.74, 6) is 0. The molecule has 1 aliphatic heterocycles. The van der Waals surface area contributed by atoms with Crippen LogP contribution in [0.4, 0.5) is 13.2 Å². The number of nitrogens with one attached hydrogen (secondary N) is 1. The molecule has 0 aromatic heterocycles. The maximum Gasteiger partial charge on any atom is 0.416 e. The van der Waals surface area contributed by atoms with Crippen LogP contribution >= 0.6 is 0 Å². The van der Waals surface area contributed by atoms with Gasteiger partial charge in [-0.1, -0.05) is 12.1 Å². The Balaban J connectivity index is 2.17. The summed E-state index contributed by atoms with van der Waals surface area (Å²) in [5.41, 5.74) is -0.0488. The first kappa shape index (κ1) is 13.4. The predicted octanol–water partition coefficient (Wildman–Crippen LogP) is 3.14. The van der Waals surface area contributed by atoms with Gasteiger partial charge in [0.25, 0.3) is 0 Å². The van der Waals surface area contributed by atoms with Gasteiger partial charge in [0.2, 0.25) is 0 Å². The molecule has 0 saturated carbocycles. The van der Waals surface area contributed by atoms with Crippen LogP contribution in [0.2, 0.25) is 0 Å². The van der Waals surface area contributed by atoms with Crippen LogP contribution in [-0.4, -0.2) is 19.2 Å². The molecule has 2 unspecified atom stereocenters. The Morgan fingerprint density at radius 1 is 1.33 bits per heavy atom. The minimum atomic E-state index is -4.30. The van der Waals surface area contributed by atoms with Crippen molar-refractivity contribution in [3.05, 3.63) is 35.4 Å². The quantitative estimate of drug-likeness (QED) is 0.836. The highest BCUT2D eigenvalue weighted by atomic mass is 19.4. The monoisotopic (exact) mass is 259 g/mol. The summed E-state index contributed by atoms with van der Waals surface area (Å²) in [6, 6.07) is 5.69. The van der Waals surface area contributed by atoms with E-state index in [0.29, 0.717) is 24.8 Å². The Morgan fingerprint density at radius 3 is 2.83 bits per heavy atom. The lowest BCUT2D eigenvalue weighted by Gasteiger charge is -2.17. The van der Waals surface area contributed by atoms with Gasteiger partial charge in [-0.2, -0.15) is 13.2 Å². The Morgan fingerprint density at radius 2 is 2.11 bits per heavy atom. The number of halogens is 3. The largest absolute Gasteiger partial charge is 0.416 e. The maximum atomic E-state index is 12.6. The molecule has 1 aromatic carbocycles. The third-order valence-corrected chi connectivity index (χ3v) is 3.11. The number of rotatable bonds is 1. The van der Waals surface area contributed by atoms with Gasteiger partial charge >= 0.3 is 6.18 Å². The molecule has 1 aromatic rings. The van der Waals surface area contributed by atoms with Crippen LogP contribution in [0.3, 0.4) is 0 Å². The predicted molar refractivity (Wildman–Crippen MR) is 62.2 cm³/mol. The molecule has 0 radical (unpaired) electrons. The van der Waals surface area contributed by atoms with Gasteiger partial charge in [0.15, 0.2) is 0 Å². The van der Waals surface area contributed by atoms with Crippen LogP contribution in [0.1, 0.15) is 30.6 Å². The highest BCUT2D eigenvalue weighted by Crippen LogP contribution is 2.31. The molecule has 1 aliphatic rings. The van der Waals surface area contributed by atoms with Crippen LogP contribution in [0.5, 0.6) is 0 Å². The van der Waals surface area contributed by atoms with Crippen LogP contribution in [-0.2, 0) is 10.9 Å². The Hall–Kier alpha value is -1.07. The van der Waals surface area contributed by atoms with E-state index in [9.17, 15) is 13.2 Å². The normalized spacial score (nSPS) is 25.8. The molecule has 2 atom stereocenters. The highest BCUT2D eigenvalue weighted by molar-refractivity contribution is 5.27. The highest BCUT2D eigenvalue weighted by Gasteiger charge is 2.31. The van der Waals surface area contributed by atoms with Crippen LogP contribution in [0.25, 0.3) is 0 Å². The third kappa shape index (κ3) is 3.23. The zero-order valence-corrected chi connectivity index (χ0v) is 10.1. The summed E-state index contributed by atoms with van der Waals surface area (Å²) < 4.78 is 43.5. The van der Waals surface area contributed by atoms with Crippen molar-refractivity contribution in [2.45, 2.75) is 31.7 Å². The van der Waals surface area contributed by atoms with E-state index in [0.717, 1.165) is 12.5 Å². The lowest BCUT2D eigenvalue weighted by atomic mass is 10.1. The standard InChI is InChI=1S/C13H16F3NO/c1-9-5-6-18-12(8-17-9)10-3-2-4-11(7-10)13(14,15)16/h2-4,7,9,12,17H,5-6,8H2,1H3. The maximum absolute atomic E-state index is 12.6. The fourth-order valence-electron chi connectivity index (χ4n) is 1.99. The minimum Gasteiger partial charge on any atom is -0.372 e. The number of benzene rings is 1. The second-order valence-electron chi connectivity index (χ2n) is 4.58. The van der Waals surface area contributed by atoms with Gasteiger partial charge in [-0.3, -0.25) is 0 Å². The van der Waals surface area contributed by atoms with Crippen molar-refractivity contribution in [3.8, 4) is 0 Å². The molecular formula is C13H16F3NO. The first-order valence-electron chi connectivity index (χ1n) is 5.99. The number of hydrogen-bond acceptors (Lipinski definition) is 2. The van der Waals surface area contributed by atoms with Crippen molar-refractivity contribution in [2.75, 3.05) is 13.2 Å². The SMILES string of the molecule is CC1CCOC(c2cccc(C(F)(F)F)c2)CN1. The van der Waals surface area contributed by atoms with Crippen LogP contribution in [0.15, 0.2) is 24.3 Å². The fraction of sp³-hybridized carbons (Fsp3) is 0.538. The molecule has 18 heavy (non-hydrogen) atoms. The van der Waals surface area contributed by atoms with Gasteiger partial charge in [-0.15, -0.1) is 0 Å². The summed E-state index contributed by atoms with van der Waals surface area (Å²) in [7, 11) is 0. The van der Waals surface area contributed by atoms with Crippen molar-refractivity contribution in [1.82, 2.24) is 5.32 Å². The van der Waals surface area contributed by atoms with E-state index >= 15 is 0 Å². The molecule has 0 spiro atoms. The number of ether oxygens (including phenoxy) is 1. The summed E-state index contributed by atoms with van der Waals surface area (Å²) in [5, 5.41) is 3.24. The summed E-state index contributed by atoms with van der Waals surface area (Å²) >= 11 is 0. The number of hydrogen-bond donors (Lipinski definition) is 1. The van der Waals surface area contributed by atoms with E-state index < -0.39 is 11.7 Å². The molecule has 1 N–H and O–H groups in total. The van der Waals surface area contributed by atoms with Crippen LogP contribution in [0, 0.1) is 0 Å². The number of alkyl halides is 3. The van der Waals surface area contributed by atoms with Crippen molar-refractivity contribution in [1.29, 1.82) is 0 Å². The second kappa shape index (κ2) is 5.28. The third-order valence-electron chi connectivity index (χ3n) is 3.11. The first-order chi connectivity index (χ1) is 8.47. The van der Waals surface area contributed by atoms with Crippen molar-refractivity contribution in [2.24, 2.45) is 0 Å². The van der Waals surface area contributed by atoms with E-state index in [4.69, 9.17) is 4.74 Å². The van der Waals surface area contributed by atoms with Gasteiger partial charge in [0, 0.05) is 19.2 Å². The van der Waals surface area contributed by atoms with Crippen molar-refractivity contribution < 1.29 is 17.9 Å². The van der Waals surface area contributed by atoms with E-state index in [1.54, 1.807) is 6.07 Å². The lowest BCUT2D eigenvalue weighted by molar-refractivity contribution is -0.137. The van der Waals surface area contributed by atoms with Gasteiger partial charge in [0.1, 0.15) is 0 Å². The Bertz CT molecular complexity index is 405. The van der Waals surface area contributed by atoms with Gasteiger partial charge in [0.05, 0.1) is 11.7 Å². The molecule has 1 heterocycles. The smallest absolute Gasteiger partial charge is 0.372 e. The molecule has 1 fully saturated rings. The van der Waals surface area contributed by atoms with E-state index in [2.05, 4.69) is 5.32 Å². The van der Waals surface area contributed by atoms with Gasteiger partial charge in [-0.25, -0.2) is 0 Å². The van der Waals surface area contributed by atoms with E-state index in [1.165, 1.54) is 12.1 Å². The summed E-state index contributed by atoms with van der Waals surface area (Å²) in [6.45, 7) is 3.15. The average Bonchev–Trinajstić information content (AvgIpc) is 2.53. The van der Waals surface area contributed by atoms with Crippen LogP contribution < -0.4 is 5.32 Å². The molecule has 0 aliphatic carbocycles. The molecule has 2 rings (SSSR count). The van der Waals surface area contributed by atoms with Crippen molar-refractivity contribution in [3.63, 3.8) is 0 Å². The molecule has 0 bridgehead atoms. The second-order valence-corrected chi connectivity index (χ2v) is 4.58. The molecule has 1 saturated heterocycles. The topological polar surface area (TPSA) is 21.3 Å². The average molecular weight is 259 g/mol. The molecule has 5 heteroatoms. The molecule has 2 nitrogen and oxygen atoms in total. The summed E-state index contributed by atoms with van der Waals surface area (Å²) in [6.07, 6.45) is -3.74. The Labute approximate surface area is 104 Å². The Kier molecular flexibility index (Phi) is 3.92. The molecule has 100 valence electrons. The minimum absolute atomic E-state index is 0.308. The zero-order chi connectivity index (χ0) is 13.2. The van der Waals surface area contributed by atoms with Crippen molar-refractivity contribution >= 4 is 0 Å². The molecular weight excluding hydrogens is 243 g/mol. The summed E-state index contributed by atoms with van der Waals surface area (Å²) in [4.78, 5) is 0. The van der Waals surface area contributed by atoms with Gasteiger partial charge < -0.3 is 10.1 Å². The van der Waals surface area contributed by atoms with Gasteiger partial charge in [-0.05, 0) is 31.0 Å².